The normalized spacial score (nSPS) is 20.5. The van der Waals surface area contributed by atoms with Gasteiger partial charge in [0.2, 0.25) is 0 Å². The molecule has 1 aromatic rings. The van der Waals surface area contributed by atoms with E-state index in [0.717, 1.165) is 32.0 Å². The van der Waals surface area contributed by atoms with Gasteiger partial charge in [0.25, 0.3) is 0 Å². The molecule has 1 unspecified atom stereocenters. The molecule has 1 N–H and O–H groups in total. The first kappa shape index (κ1) is 16.3. The van der Waals surface area contributed by atoms with Crippen LogP contribution in [0.15, 0.2) is 24.3 Å². The van der Waals surface area contributed by atoms with Crippen molar-refractivity contribution in [2.24, 2.45) is 0 Å². The molecule has 4 heteroatoms. The summed E-state index contributed by atoms with van der Waals surface area (Å²) in [7, 11) is 2.12. The summed E-state index contributed by atoms with van der Waals surface area (Å²) >= 11 is 0. The van der Waals surface area contributed by atoms with Crippen LogP contribution in [0.3, 0.4) is 0 Å². The van der Waals surface area contributed by atoms with Gasteiger partial charge in [-0.1, -0.05) is 18.2 Å². The summed E-state index contributed by atoms with van der Waals surface area (Å²) in [5.74, 6) is 0.950. The van der Waals surface area contributed by atoms with Crippen LogP contribution < -0.4 is 10.1 Å². The average molecular weight is 292 g/mol. The number of likely N-dealkylation sites (N-methyl/N-ethyl adjacent to an activating group) is 1. The van der Waals surface area contributed by atoms with E-state index in [1.54, 1.807) is 0 Å². The van der Waals surface area contributed by atoms with Crippen LogP contribution in [0.1, 0.15) is 26.3 Å². The fourth-order valence-electron chi connectivity index (χ4n) is 2.30. The first-order chi connectivity index (χ1) is 9.94. The highest BCUT2D eigenvalue weighted by Gasteiger charge is 2.19. The van der Waals surface area contributed by atoms with Crippen LogP contribution in [0.5, 0.6) is 5.75 Å². The summed E-state index contributed by atoms with van der Waals surface area (Å²) in [6.45, 7) is 10.7. The lowest BCUT2D eigenvalue weighted by atomic mass is 10.1. The van der Waals surface area contributed by atoms with Gasteiger partial charge in [-0.3, -0.25) is 0 Å². The average Bonchev–Trinajstić information content (AvgIpc) is 2.43. The first-order valence-electron chi connectivity index (χ1n) is 7.70. The minimum absolute atomic E-state index is 0.0995. The number of nitrogens with zero attached hydrogens (tertiary/aromatic N) is 1. The Balaban J connectivity index is 1.90. The molecular weight excluding hydrogens is 264 g/mol. The molecule has 1 heterocycles. The number of hydrogen-bond acceptors (Lipinski definition) is 4. The van der Waals surface area contributed by atoms with Crippen LogP contribution in [0.4, 0.5) is 0 Å². The molecule has 118 valence electrons. The van der Waals surface area contributed by atoms with Crippen LogP contribution in [0.25, 0.3) is 0 Å². The van der Waals surface area contributed by atoms with Crippen molar-refractivity contribution in [3.8, 4) is 5.75 Å². The third-order valence-electron chi connectivity index (χ3n) is 3.55. The van der Waals surface area contributed by atoms with Crippen molar-refractivity contribution in [2.75, 3.05) is 33.4 Å². The van der Waals surface area contributed by atoms with E-state index in [9.17, 15) is 0 Å². The van der Waals surface area contributed by atoms with Crippen molar-refractivity contribution >= 4 is 0 Å². The molecular formula is C17H28N2O2. The first-order valence-corrected chi connectivity index (χ1v) is 7.70. The zero-order valence-electron chi connectivity index (χ0n) is 13.7. The van der Waals surface area contributed by atoms with Crippen molar-refractivity contribution in [1.82, 2.24) is 10.2 Å². The Hall–Kier alpha value is -1.10. The summed E-state index contributed by atoms with van der Waals surface area (Å²) in [5.41, 5.74) is 1.29. The van der Waals surface area contributed by atoms with Gasteiger partial charge in [0, 0.05) is 30.7 Å². The third-order valence-corrected chi connectivity index (χ3v) is 3.55. The minimum atomic E-state index is 0.0995. The number of morpholine rings is 1. The van der Waals surface area contributed by atoms with Crippen LogP contribution in [0, 0.1) is 0 Å². The van der Waals surface area contributed by atoms with E-state index in [1.165, 1.54) is 5.56 Å². The highest BCUT2D eigenvalue weighted by molar-refractivity contribution is 5.33. The maximum atomic E-state index is 6.00. The smallest absolute Gasteiger partial charge is 0.123 e. The van der Waals surface area contributed by atoms with Crippen molar-refractivity contribution in [3.63, 3.8) is 0 Å². The highest BCUT2D eigenvalue weighted by atomic mass is 16.5. The number of para-hydroxylation sites is 1. The predicted octanol–water partition coefficient (Wildman–Crippen LogP) is 2.28. The van der Waals surface area contributed by atoms with Crippen molar-refractivity contribution in [2.45, 2.75) is 39.0 Å². The van der Waals surface area contributed by atoms with Crippen molar-refractivity contribution < 1.29 is 9.47 Å². The zero-order chi connectivity index (χ0) is 15.3. The van der Waals surface area contributed by atoms with Gasteiger partial charge < -0.3 is 19.7 Å². The molecule has 2 rings (SSSR count). The van der Waals surface area contributed by atoms with Crippen LogP contribution in [-0.2, 0) is 11.3 Å². The number of benzene rings is 1. The molecule has 0 spiro atoms. The Kier molecular flexibility index (Phi) is 5.62. The van der Waals surface area contributed by atoms with Crippen molar-refractivity contribution in [3.05, 3.63) is 29.8 Å². The maximum absolute atomic E-state index is 6.00. The zero-order valence-corrected chi connectivity index (χ0v) is 13.7. The Bertz CT molecular complexity index is 443. The summed E-state index contributed by atoms with van der Waals surface area (Å²) in [6.07, 6.45) is 0.160. The number of ether oxygens (including phenoxy) is 2. The van der Waals surface area contributed by atoms with E-state index in [4.69, 9.17) is 9.47 Å². The van der Waals surface area contributed by atoms with Gasteiger partial charge in [-0.15, -0.1) is 0 Å². The molecule has 21 heavy (non-hydrogen) atoms. The molecule has 1 atom stereocenters. The van der Waals surface area contributed by atoms with Gasteiger partial charge in [0.15, 0.2) is 0 Å². The minimum Gasteiger partial charge on any atom is -0.490 e. The molecule has 0 bridgehead atoms. The van der Waals surface area contributed by atoms with Gasteiger partial charge in [0.05, 0.1) is 6.61 Å². The molecule has 4 nitrogen and oxygen atoms in total. The van der Waals surface area contributed by atoms with E-state index in [-0.39, 0.29) is 11.6 Å². The molecule has 0 radical (unpaired) electrons. The van der Waals surface area contributed by atoms with E-state index in [0.29, 0.717) is 6.61 Å². The number of hydrogen-bond donors (Lipinski definition) is 1. The molecule has 0 saturated carbocycles. The van der Waals surface area contributed by atoms with Gasteiger partial charge in [0.1, 0.15) is 18.5 Å². The topological polar surface area (TPSA) is 33.7 Å². The summed E-state index contributed by atoms with van der Waals surface area (Å²) in [6, 6.07) is 8.22. The second-order valence-corrected chi connectivity index (χ2v) is 6.78. The highest BCUT2D eigenvalue weighted by Crippen LogP contribution is 2.19. The molecule has 0 aliphatic carbocycles. The predicted molar refractivity (Wildman–Crippen MR) is 85.8 cm³/mol. The molecule has 0 aromatic heterocycles. The second-order valence-electron chi connectivity index (χ2n) is 6.78. The Morgan fingerprint density at radius 3 is 2.81 bits per heavy atom. The Labute approximate surface area is 128 Å². The Morgan fingerprint density at radius 1 is 1.33 bits per heavy atom. The molecule has 1 aromatic carbocycles. The molecule has 1 fully saturated rings. The molecule has 1 saturated heterocycles. The van der Waals surface area contributed by atoms with Gasteiger partial charge in [-0.05, 0) is 33.9 Å². The maximum Gasteiger partial charge on any atom is 0.123 e. The SMILES string of the molecule is CN1CCOC(COc2ccccc2CNC(C)(C)C)C1. The number of nitrogens with one attached hydrogen (secondary N) is 1. The van der Waals surface area contributed by atoms with Gasteiger partial charge in [-0.2, -0.15) is 0 Å². The summed E-state index contributed by atoms with van der Waals surface area (Å²) < 4.78 is 11.7. The lowest BCUT2D eigenvalue weighted by Crippen LogP contribution is -2.42. The van der Waals surface area contributed by atoms with E-state index < -0.39 is 0 Å². The van der Waals surface area contributed by atoms with E-state index in [1.807, 2.05) is 12.1 Å². The monoisotopic (exact) mass is 292 g/mol. The fourth-order valence-corrected chi connectivity index (χ4v) is 2.30. The lowest BCUT2D eigenvalue weighted by Gasteiger charge is -2.30. The third kappa shape index (κ3) is 5.65. The van der Waals surface area contributed by atoms with Crippen LogP contribution in [0.2, 0.25) is 0 Å². The standard InChI is InChI=1S/C17H28N2O2/c1-17(2,3)18-11-14-7-5-6-8-16(14)21-13-15-12-19(4)9-10-20-15/h5-8,15,18H,9-13H2,1-4H3. The van der Waals surface area contributed by atoms with E-state index in [2.05, 4.69) is 50.2 Å². The second kappa shape index (κ2) is 7.25. The molecule has 1 aliphatic heterocycles. The number of rotatable bonds is 5. The Morgan fingerprint density at radius 2 is 2.10 bits per heavy atom. The molecule has 1 aliphatic rings. The van der Waals surface area contributed by atoms with E-state index >= 15 is 0 Å². The molecule has 0 amide bonds. The lowest BCUT2D eigenvalue weighted by molar-refractivity contribution is -0.0404. The van der Waals surface area contributed by atoms with Crippen molar-refractivity contribution in [1.29, 1.82) is 0 Å². The van der Waals surface area contributed by atoms with Crippen LogP contribution in [-0.4, -0.2) is 49.9 Å². The quantitative estimate of drug-likeness (QED) is 0.903. The van der Waals surface area contributed by atoms with Gasteiger partial charge in [-0.25, -0.2) is 0 Å². The van der Waals surface area contributed by atoms with Gasteiger partial charge >= 0.3 is 0 Å². The largest absolute Gasteiger partial charge is 0.490 e. The van der Waals surface area contributed by atoms with Crippen LogP contribution >= 0.6 is 0 Å². The summed E-state index contributed by atoms with van der Waals surface area (Å²) in [5, 5.41) is 3.50. The summed E-state index contributed by atoms with van der Waals surface area (Å²) in [4.78, 5) is 2.28. The fraction of sp³-hybridized carbons (Fsp3) is 0.647.